The summed E-state index contributed by atoms with van der Waals surface area (Å²) >= 11 is 1.32. The van der Waals surface area contributed by atoms with E-state index in [1.54, 1.807) is 19.1 Å². The number of phenols is 1. The number of aliphatic carboxylic acids is 1. The van der Waals surface area contributed by atoms with Crippen LogP contribution in [0.5, 0.6) is 11.5 Å². The molecule has 0 radical (unpaired) electrons. The highest BCUT2D eigenvalue weighted by Gasteiger charge is 2.39. The molecular weight excluding hydrogens is 318 g/mol. The monoisotopic (exact) mass is 339 g/mol. The van der Waals surface area contributed by atoms with Gasteiger partial charge < -0.3 is 19.7 Å². The first kappa shape index (κ1) is 17.6. The van der Waals surface area contributed by atoms with Gasteiger partial charge in [-0.15, -0.1) is 11.8 Å². The number of thioether (sulfide) groups is 1. The number of carboxylic acid groups (broad SMARTS) is 1. The van der Waals surface area contributed by atoms with Crippen LogP contribution in [0.25, 0.3) is 0 Å². The van der Waals surface area contributed by atoms with E-state index in [9.17, 15) is 15.0 Å². The topological polar surface area (TPSA) is 88.4 Å². The maximum atomic E-state index is 11.3. The molecule has 0 saturated heterocycles. The van der Waals surface area contributed by atoms with Gasteiger partial charge in [0.2, 0.25) is 0 Å². The third kappa shape index (κ3) is 4.39. The Bertz CT molecular complexity index is 604. The van der Waals surface area contributed by atoms with Crippen LogP contribution in [0, 0.1) is 0 Å². The van der Waals surface area contributed by atoms with Crippen LogP contribution < -0.4 is 4.74 Å². The molecule has 1 aromatic carbocycles. The van der Waals surface area contributed by atoms with Gasteiger partial charge in [0, 0.05) is 12.4 Å². The molecule has 1 aromatic rings. The SMILES string of the molecule is CCCOCCOc1ccc(O)c(C2=N[C@@](C)(C(=O)O)CS2)c1. The fourth-order valence-corrected chi connectivity index (χ4v) is 3.18. The van der Waals surface area contributed by atoms with Crippen molar-refractivity contribution in [2.24, 2.45) is 4.99 Å². The number of benzene rings is 1. The highest BCUT2D eigenvalue weighted by atomic mass is 32.2. The number of carbonyl (C=O) groups is 1. The summed E-state index contributed by atoms with van der Waals surface area (Å²) < 4.78 is 10.9. The average molecular weight is 339 g/mol. The summed E-state index contributed by atoms with van der Waals surface area (Å²) in [4.78, 5) is 15.5. The minimum atomic E-state index is -1.16. The summed E-state index contributed by atoms with van der Waals surface area (Å²) in [6.07, 6.45) is 0.961. The van der Waals surface area contributed by atoms with Gasteiger partial charge in [-0.25, -0.2) is 4.79 Å². The minimum Gasteiger partial charge on any atom is -0.507 e. The Balaban J connectivity index is 2.08. The van der Waals surface area contributed by atoms with Gasteiger partial charge >= 0.3 is 5.97 Å². The minimum absolute atomic E-state index is 0.0560. The third-order valence-electron chi connectivity index (χ3n) is 3.34. The van der Waals surface area contributed by atoms with E-state index in [1.807, 2.05) is 6.92 Å². The van der Waals surface area contributed by atoms with Crippen molar-refractivity contribution >= 4 is 22.8 Å². The van der Waals surface area contributed by atoms with Gasteiger partial charge in [-0.05, 0) is 31.5 Å². The van der Waals surface area contributed by atoms with Crippen LogP contribution in [0.15, 0.2) is 23.2 Å². The Kier molecular flexibility index (Phi) is 5.90. The zero-order chi connectivity index (χ0) is 16.9. The van der Waals surface area contributed by atoms with Gasteiger partial charge in [-0.2, -0.15) is 0 Å². The van der Waals surface area contributed by atoms with Gasteiger partial charge in [-0.3, -0.25) is 4.99 Å². The predicted octanol–water partition coefficient (Wildman–Crippen LogP) is 2.53. The van der Waals surface area contributed by atoms with Crippen LogP contribution in [0.2, 0.25) is 0 Å². The quantitative estimate of drug-likeness (QED) is 0.708. The van der Waals surface area contributed by atoms with Gasteiger partial charge in [-0.1, -0.05) is 6.92 Å². The fraction of sp³-hybridized carbons (Fsp3) is 0.500. The largest absolute Gasteiger partial charge is 0.507 e. The molecule has 0 aromatic heterocycles. The summed E-state index contributed by atoms with van der Waals surface area (Å²) in [5.74, 6) is 0.0121. The Morgan fingerprint density at radius 3 is 2.83 bits per heavy atom. The van der Waals surface area contributed by atoms with Crippen molar-refractivity contribution in [3.05, 3.63) is 23.8 Å². The average Bonchev–Trinajstić information content (AvgIpc) is 2.92. The standard InChI is InChI=1S/C16H21NO5S/c1-3-6-21-7-8-22-11-4-5-13(18)12(9-11)14-17-16(2,10-23-14)15(19)20/h4-5,9,18H,3,6-8,10H2,1-2H3,(H,19,20)/t16-/m1/s1. The summed E-state index contributed by atoms with van der Waals surface area (Å²) in [5.41, 5.74) is -0.663. The van der Waals surface area contributed by atoms with E-state index in [1.165, 1.54) is 17.8 Å². The van der Waals surface area contributed by atoms with Crippen molar-refractivity contribution in [2.75, 3.05) is 25.6 Å². The molecule has 0 bridgehead atoms. The molecule has 6 nitrogen and oxygen atoms in total. The van der Waals surface area contributed by atoms with Crippen LogP contribution >= 0.6 is 11.8 Å². The number of nitrogens with zero attached hydrogens (tertiary/aromatic N) is 1. The molecular formula is C16H21NO5S. The van der Waals surface area contributed by atoms with Crippen LogP contribution in [-0.2, 0) is 9.53 Å². The smallest absolute Gasteiger partial charge is 0.332 e. The third-order valence-corrected chi connectivity index (χ3v) is 4.63. The lowest BCUT2D eigenvalue weighted by atomic mass is 10.1. The molecule has 1 aliphatic heterocycles. The summed E-state index contributed by atoms with van der Waals surface area (Å²) in [6.45, 7) is 5.22. The number of hydrogen-bond acceptors (Lipinski definition) is 6. The molecule has 0 aliphatic carbocycles. The van der Waals surface area contributed by atoms with E-state index in [4.69, 9.17) is 9.47 Å². The van der Waals surface area contributed by atoms with E-state index in [0.717, 1.165) is 6.42 Å². The van der Waals surface area contributed by atoms with Crippen molar-refractivity contribution in [1.29, 1.82) is 0 Å². The van der Waals surface area contributed by atoms with Crippen LogP contribution in [0.1, 0.15) is 25.8 Å². The molecule has 2 N–H and O–H groups in total. The van der Waals surface area contributed by atoms with E-state index in [-0.39, 0.29) is 5.75 Å². The Hall–Kier alpha value is -1.73. The van der Waals surface area contributed by atoms with Crippen LogP contribution in [0.4, 0.5) is 0 Å². The second kappa shape index (κ2) is 7.70. The molecule has 2 rings (SSSR count). The molecule has 0 amide bonds. The zero-order valence-electron chi connectivity index (χ0n) is 13.2. The maximum absolute atomic E-state index is 11.3. The molecule has 0 saturated carbocycles. The number of hydrogen-bond donors (Lipinski definition) is 2. The molecule has 7 heteroatoms. The number of carboxylic acids is 1. The summed E-state index contributed by atoms with van der Waals surface area (Å²) in [7, 11) is 0. The first-order valence-corrected chi connectivity index (χ1v) is 8.45. The molecule has 1 atom stereocenters. The number of ether oxygens (including phenoxy) is 2. The van der Waals surface area contributed by atoms with Crippen LogP contribution in [0.3, 0.4) is 0 Å². The molecule has 0 fully saturated rings. The highest BCUT2D eigenvalue weighted by molar-refractivity contribution is 8.14. The lowest BCUT2D eigenvalue weighted by molar-refractivity contribution is -0.141. The number of aliphatic imine (C=N–C) groups is 1. The highest BCUT2D eigenvalue weighted by Crippen LogP contribution is 2.35. The second-order valence-electron chi connectivity index (χ2n) is 5.42. The van der Waals surface area contributed by atoms with Gasteiger partial charge in [0.1, 0.15) is 23.1 Å². The van der Waals surface area contributed by atoms with Crippen LogP contribution in [-0.4, -0.2) is 52.3 Å². The van der Waals surface area contributed by atoms with Crippen molar-refractivity contribution in [1.82, 2.24) is 0 Å². The predicted molar refractivity (Wildman–Crippen MR) is 89.7 cm³/mol. The zero-order valence-corrected chi connectivity index (χ0v) is 14.1. The van der Waals surface area contributed by atoms with Gasteiger partial charge in [0.25, 0.3) is 0 Å². The summed E-state index contributed by atoms with van der Waals surface area (Å²) in [6, 6.07) is 4.86. The molecule has 0 spiro atoms. The number of aromatic hydroxyl groups is 1. The molecule has 23 heavy (non-hydrogen) atoms. The van der Waals surface area contributed by atoms with Gasteiger partial charge in [0.15, 0.2) is 5.54 Å². The Labute approximate surface area is 139 Å². The Morgan fingerprint density at radius 1 is 1.39 bits per heavy atom. The van der Waals surface area contributed by atoms with Crippen molar-refractivity contribution < 1.29 is 24.5 Å². The van der Waals surface area contributed by atoms with E-state index in [2.05, 4.69) is 4.99 Å². The van der Waals surface area contributed by atoms with E-state index in [0.29, 0.717) is 41.9 Å². The van der Waals surface area contributed by atoms with Crippen molar-refractivity contribution in [2.45, 2.75) is 25.8 Å². The molecule has 126 valence electrons. The number of rotatable bonds is 8. The van der Waals surface area contributed by atoms with Gasteiger partial charge in [0.05, 0.1) is 12.2 Å². The van der Waals surface area contributed by atoms with Crippen molar-refractivity contribution in [3.63, 3.8) is 0 Å². The normalized spacial score (nSPS) is 20.3. The maximum Gasteiger partial charge on any atom is 0.332 e. The number of phenolic OH excluding ortho intramolecular Hbond substituents is 1. The first-order chi connectivity index (χ1) is 11.0. The Morgan fingerprint density at radius 2 is 2.17 bits per heavy atom. The van der Waals surface area contributed by atoms with E-state index >= 15 is 0 Å². The first-order valence-electron chi connectivity index (χ1n) is 7.46. The molecule has 0 unspecified atom stereocenters. The van der Waals surface area contributed by atoms with E-state index < -0.39 is 11.5 Å². The lowest BCUT2D eigenvalue weighted by Crippen LogP contribution is -2.33. The molecule has 1 heterocycles. The second-order valence-corrected chi connectivity index (χ2v) is 6.39. The molecule has 1 aliphatic rings. The lowest BCUT2D eigenvalue weighted by Gasteiger charge is -2.12. The fourth-order valence-electron chi connectivity index (χ4n) is 1.99. The summed E-state index contributed by atoms with van der Waals surface area (Å²) in [5, 5.41) is 19.8. The van der Waals surface area contributed by atoms with Crippen molar-refractivity contribution in [3.8, 4) is 11.5 Å².